The first-order valence-corrected chi connectivity index (χ1v) is 12.5. The Kier molecular flexibility index (Phi) is 6.95. The van der Waals surface area contributed by atoms with Gasteiger partial charge >= 0.3 is 0 Å². The number of carbonyl (C=O) groups is 1. The summed E-state index contributed by atoms with van der Waals surface area (Å²) in [4.78, 5) is 19.2. The number of anilines is 1. The van der Waals surface area contributed by atoms with E-state index in [1.807, 2.05) is 12.1 Å². The summed E-state index contributed by atoms with van der Waals surface area (Å²) >= 11 is 0. The van der Waals surface area contributed by atoms with Gasteiger partial charge in [-0.2, -0.15) is 4.31 Å². The van der Waals surface area contributed by atoms with Gasteiger partial charge in [0, 0.05) is 56.2 Å². The highest BCUT2D eigenvalue weighted by Crippen LogP contribution is 2.25. The normalized spacial score (nSPS) is 19.0. The quantitative estimate of drug-likeness (QED) is 0.714. The van der Waals surface area contributed by atoms with E-state index in [1.54, 1.807) is 25.4 Å². The summed E-state index contributed by atoms with van der Waals surface area (Å²) < 4.78 is 32.2. The number of methoxy groups -OCH3 is 1. The van der Waals surface area contributed by atoms with Gasteiger partial charge in [-0.05, 0) is 62.1 Å². The number of benzene rings is 1. The summed E-state index contributed by atoms with van der Waals surface area (Å²) in [6.07, 6.45) is 5.79. The monoisotopic (exact) mass is 458 g/mol. The summed E-state index contributed by atoms with van der Waals surface area (Å²) in [7, 11) is -1.89. The van der Waals surface area contributed by atoms with E-state index in [0.717, 1.165) is 37.4 Å². The molecule has 1 aromatic carbocycles. The van der Waals surface area contributed by atoms with E-state index in [0.29, 0.717) is 25.9 Å². The molecular weight excluding hydrogens is 428 g/mol. The number of pyridine rings is 1. The van der Waals surface area contributed by atoms with Crippen molar-refractivity contribution < 1.29 is 17.9 Å². The number of hydrogen-bond acceptors (Lipinski definition) is 6. The van der Waals surface area contributed by atoms with Crippen molar-refractivity contribution in [2.75, 3.05) is 38.2 Å². The zero-order chi connectivity index (χ0) is 22.6. The summed E-state index contributed by atoms with van der Waals surface area (Å²) in [6, 6.07) is 11.4. The van der Waals surface area contributed by atoms with Crippen molar-refractivity contribution in [1.29, 1.82) is 0 Å². The second-order valence-electron chi connectivity index (χ2n) is 8.34. The first-order chi connectivity index (χ1) is 15.5. The topological polar surface area (TPSA) is 91.8 Å². The van der Waals surface area contributed by atoms with Crippen LogP contribution in [0.5, 0.6) is 5.75 Å². The molecule has 2 aliphatic heterocycles. The van der Waals surface area contributed by atoms with Gasteiger partial charge in [0.2, 0.25) is 15.9 Å². The number of carbonyl (C=O) groups excluding carboxylic acids is 1. The molecule has 0 bridgehead atoms. The maximum absolute atomic E-state index is 12.8. The number of rotatable bonds is 6. The molecule has 0 spiro atoms. The zero-order valence-corrected chi connectivity index (χ0v) is 19.1. The molecule has 9 heteroatoms. The van der Waals surface area contributed by atoms with Crippen LogP contribution in [0.2, 0.25) is 0 Å². The van der Waals surface area contributed by atoms with Crippen LogP contribution < -0.4 is 15.0 Å². The minimum Gasteiger partial charge on any atom is -0.497 e. The van der Waals surface area contributed by atoms with Crippen LogP contribution in [-0.4, -0.2) is 62.9 Å². The molecule has 0 saturated carbocycles. The smallest absolute Gasteiger partial charge is 0.244 e. The fraction of sp³-hybridized carbons (Fsp3) is 0.478. The lowest BCUT2D eigenvalue weighted by molar-refractivity contribution is -0.127. The molecule has 0 aliphatic carbocycles. The molecule has 8 nitrogen and oxygen atoms in total. The lowest BCUT2D eigenvalue weighted by Crippen LogP contribution is -2.48. The van der Waals surface area contributed by atoms with Crippen molar-refractivity contribution in [2.45, 2.75) is 36.6 Å². The second-order valence-corrected chi connectivity index (χ2v) is 10.3. The Labute approximate surface area is 189 Å². The van der Waals surface area contributed by atoms with Crippen molar-refractivity contribution in [3.8, 4) is 5.75 Å². The summed E-state index contributed by atoms with van der Waals surface area (Å²) in [6.45, 7) is 2.48. The van der Waals surface area contributed by atoms with E-state index in [9.17, 15) is 13.2 Å². The van der Waals surface area contributed by atoms with Crippen LogP contribution in [0, 0.1) is 5.92 Å². The molecule has 4 rings (SSSR count). The maximum Gasteiger partial charge on any atom is 0.244 e. The van der Waals surface area contributed by atoms with Gasteiger partial charge < -0.3 is 15.0 Å². The first kappa shape index (κ1) is 22.5. The van der Waals surface area contributed by atoms with Crippen LogP contribution in [0.1, 0.15) is 25.7 Å². The fourth-order valence-electron chi connectivity index (χ4n) is 4.40. The lowest BCUT2D eigenvalue weighted by Gasteiger charge is -2.35. The second kappa shape index (κ2) is 9.87. The van der Waals surface area contributed by atoms with E-state index in [2.05, 4.69) is 27.3 Å². The summed E-state index contributed by atoms with van der Waals surface area (Å²) in [5.74, 6) is 0.747. The van der Waals surface area contributed by atoms with Crippen LogP contribution >= 0.6 is 0 Å². The average molecular weight is 459 g/mol. The van der Waals surface area contributed by atoms with Gasteiger partial charge in [-0.25, -0.2) is 8.42 Å². The van der Waals surface area contributed by atoms with Crippen LogP contribution in [0.15, 0.2) is 53.7 Å². The van der Waals surface area contributed by atoms with Gasteiger partial charge in [-0.15, -0.1) is 0 Å². The van der Waals surface area contributed by atoms with E-state index in [4.69, 9.17) is 4.74 Å². The van der Waals surface area contributed by atoms with Crippen molar-refractivity contribution in [3.05, 3.63) is 48.8 Å². The Hall–Kier alpha value is -2.65. The van der Waals surface area contributed by atoms with Gasteiger partial charge in [-0.1, -0.05) is 0 Å². The van der Waals surface area contributed by atoms with Gasteiger partial charge in [0.05, 0.1) is 7.11 Å². The van der Waals surface area contributed by atoms with Crippen molar-refractivity contribution in [2.24, 2.45) is 5.92 Å². The molecule has 32 heavy (non-hydrogen) atoms. The molecule has 172 valence electrons. The predicted octanol–water partition coefficient (Wildman–Crippen LogP) is 2.28. The van der Waals surface area contributed by atoms with Gasteiger partial charge in [-0.3, -0.25) is 9.78 Å². The van der Waals surface area contributed by atoms with E-state index < -0.39 is 10.0 Å². The van der Waals surface area contributed by atoms with Gasteiger partial charge in [0.1, 0.15) is 10.6 Å². The number of aromatic nitrogens is 1. The van der Waals surface area contributed by atoms with Crippen molar-refractivity contribution >= 4 is 21.6 Å². The number of piperidine rings is 2. The van der Waals surface area contributed by atoms with Crippen LogP contribution in [0.25, 0.3) is 0 Å². The molecule has 1 aromatic heterocycles. The number of amides is 1. The Balaban J connectivity index is 1.24. The molecule has 3 heterocycles. The standard InChI is InChI=1S/C23H30N4O4S/c1-31-21-6-4-20(5-7-21)26-13-10-19(11-14-26)25-23(28)18-8-15-27(16-9-18)32(29,30)22-3-2-12-24-17-22/h2-7,12,17-19H,8-11,13-16H2,1H3,(H,25,28). The fourth-order valence-corrected chi connectivity index (χ4v) is 5.84. The Bertz CT molecular complexity index is 998. The highest BCUT2D eigenvalue weighted by molar-refractivity contribution is 7.89. The molecule has 0 radical (unpaired) electrons. The molecular formula is C23H30N4O4S. The minimum atomic E-state index is -3.55. The van der Waals surface area contributed by atoms with Gasteiger partial charge in [0.25, 0.3) is 0 Å². The van der Waals surface area contributed by atoms with E-state index >= 15 is 0 Å². The first-order valence-electron chi connectivity index (χ1n) is 11.1. The molecule has 1 amide bonds. The molecule has 1 N–H and O–H groups in total. The van der Waals surface area contributed by atoms with Crippen LogP contribution in [0.3, 0.4) is 0 Å². The number of nitrogens with one attached hydrogen (secondary N) is 1. The molecule has 0 atom stereocenters. The van der Waals surface area contributed by atoms with Gasteiger partial charge in [0.15, 0.2) is 0 Å². The van der Waals surface area contributed by atoms with Crippen molar-refractivity contribution in [3.63, 3.8) is 0 Å². The van der Waals surface area contributed by atoms with Crippen molar-refractivity contribution in [1.82, 2.24) is 14.6 Å². The Morgan fingerprint density at radius 2 is 1.72 bits per heavy atom. The number of hydrogen-bond donors (Lipinski definition) is 1. The van der Waals surface area contributed by atoms with Crippen LogP contribution in [-0.2, 0) is 14.8 Å². The summed E-state index contributed by atoms with van der Waals surface area (Å²) in [5.41, 5.74) is 1.16. The third-order valence-corrected chi connectivity index (χ3v) is 8.26. The Morgan fingerprint density at radius 3 is 2.31 bits per heavy atom. The largest absolute Gasteiger partial charge is 0.497 e. The number of nitrogens with zero attached hydrogens (tertiary/aromatic N) is 3. The highest BCUT2D eigenvalue weighted by Gasteiger charge is 2.33. The third-order valence-electron chi connectivity index (χ3n) is 6.38. The molecule has 2 saturated heterocycles. The summed E-state index contributed by atoms with van der Waals surface area (Å²) in [5, 5.41) is 3.20. The number of ether oxygens (including phenoxy) is 1. The van der Waals surface area contributed by atoms with Crippen LogP contribution in [0.4, 0.5) is 5.69 Å². The zero-order valence-electron chi connectivity index (χ0n) is 18.3. The van der Waals surface area contributed by atoms with E-state index in [-0.39, 0.29) is 22.8 Å². The molecule has 2 fully saturated rings. The third kappa shape index (κ3) is 5.05. The minimum absolute atomic E-state index is 0.0475. The lowest BCUT2D eigenvalue weighted by atomic mass is 9.95. The number of sulfonamides is 1. The average Bonchev–Trinajstić information content (AvgIpc) is 2.85. The molecule has 0 unspecified atom stereocenters. The highest BCUT2D eigenvalue weighted by atomic mass is 32.2. The molecule has 2 aromatic rings. The SMILES string of the molecule is COc1ccc(N2CCC(NC(=O)C3CCN(S(=O)(=O)c4cccnc4)CC3)CC2)cc1. The predicted molar refractivity (Wildman–Crippen MR) is 122 cm³/mol. The van der Waals surface area contributed by atoms with E-state index in [1.165, 1.54) is 10.5 Å². The maximum atomic E-state index is 12.8. The Morgan fingerprint density at radius 1 is 1.03 bits per heavy atom. The molecule has 2 aliphatic rings.